The Morgan fingerprint density at radius 2 is 2.00 bits per heavy atom. The van der Waals surface area contributed by atoms with Crippen LogP contribution in [0.5, 0.6) is 0 Å². The monoisotopic (exact) mass is 355 g/mol. The molecular formula is C16H22ClN3O2S. The normalized spacial score (nSPS) is 14.5. The maximum atomic E-state index is 11.9. The quantitative estimate of drug-likeness (QED) is 0.847. The summed E-state index contributed by atoms with van der Waals surface area (Å²) in [6.45, 7) is 6.00. The van der Waals surface area contributed by atoms with Gasteiger partial charge in [-0.1, -0.05) is 0 Å². The number of carbonyl (C=O) groups is 1. The number of hydrogen-bond acceptors (Lipinski definition) is 5. The second-order valence-electron chi connectivity index (χ2n) is 5.68. The molecule has 3 rings (SSSR count). The van der Waals surface area contributed by atoms with Gasteiger partial charge in [-0.05, 0) is 38.7 Å². The fourth-order valence-corrected chi connectivity index (χ4v) is 3.89. The van der Waals surface area contributed by atoms with E-state index in [-0.39, 0.29) is 18.4 Å². The maximum Gasteiger partial charge on any atom is 0.339 e. The van der Waals surface area contributed by atoms with E-state index in [4.69, 9.17) is 9.72 Å². The molecule has 126 valence electrons. The van der Waals surface area contributed by atoms with Crippen LogP contribution in [0.4, 0.5) is 5.13 Å². The van der Waals surface area contributed by atoms with Crippen molar-refractivity contribution in [1.29, 1.82) is 0 Å². The Morgan fingerprint density at radius 1 is 1.30 bits per heavy atom. The smallest absolute Gasteiger partial charge is 0.339 e. The molecule has 7 heteroatoms. The standard InChI is InChI=1S/C16H21N3O2S.ClH/c1-10-13(15(20)21-3)11(2)17-14(10)12-9-22-16(18-12)19-7-5-4-6-8-19;/h9,17H,4-8H2,1-3H3;1H. The Morgan fingerprint density at radius 3 is 2.65 bits per heavy atom. The van der Waals surface area contributed by atoms with E-state index in [9.17, 15) is 4.79 Å². The number of rotatable bonds is 3. The summed E-state index contributed by atoms with van der Waals surface area (Å²) >= 11 is 1.67. The van der Waals surface area contributed by atoms with Crippen LogP contribution < -0.4 is 4.90 Å². The van der Waals surface area contributed by atoms with Gasteiger partial charge in [0.2, 0.25) is 0 Å². The van der Waals surface area contributed by atoms with E-state index in [0.717, 1.165) is 40.9 Å². The molecule has 1 N–H and O–H groups in total. The molecule has 0 radical (unpaired) electrons. The van der Waals surface area contributed by atoms with Gasteiger partial charge in [-0.3, -0.25) is 0 Å². The largest absolute Gasteiger partial charge is 0.465 e. The number of hydrogen-bond donors (Lipinski definition) is 1. The predicted octanol–water partition coefficient (Wildman–Crippen LogP) is 3.95. The van der Waals surface area contributed by atoms with Gasteiger partial charge in [0.15, 0.2) is 5.13 Å². The van der Waals surface area contributed by atoms with Gasteiger partial charge < -0.3 is 14.6 Å². The van der Waals surface area contributed by atoms with Gasteiger partial charge in [0.25, 0.3) is 0 Å². The Balaban J connectivity index is 0.00000192. The summed E-state index contributed by atoms with van der Waals surface area (Å²) in [4.78, 5) is 22.3. The van der Waals surface area contributed by atoms with E-state index in [1.165, 1.54) is 26.4 Å². The van der Waals surface area contributed by atoms with Crippen molar-refractivity contribution < 1.29 is 9.53 Å². The molecule has 1 fully saturated rings. The van der Waals surface area contributed by atoms with Crippen molar-refractivity contribution in [2.75, 3.05) is 25.1 Å². The zero-order valence-electron chi connectivity index (χ0n) is 13.6. The van der Waals surface area contributed by atoms with Crippen molar-refractivity contribution in [3.63, 3.8) is 0 Å². The lowest BCUT2D eigenvalue weighted by molar-refractivity contribution is 0.0599. The Kier molecular flexibility index (Phi) is 5.70. The molecule has 0 unspecified atom stereocenters. The summed E-state index contributed by atoms with van der Waals surface area (Å²) in [6, 6.07) is 0. The molecule has 0 bridgehead atoms. The average molecular weight is 356 g/mol. The number of aromatic nitrogens is 2. The Labute approximate surface area is 146 Å². The van der Waals surface area contributed by atoms with Crippen molar-refractivity contribution >= 4 is 34.8 Å². The highest BCUT2D eigenvalue weighted by atomic mass is 35.5. The Hall–Kier alpha value is -1.53. The molecule has 1 aliphatic heterocycles. The summed E-state index contributed by atoms with van der Waals surface area (Å²) < 4.78 is 4.86. The number of anilines is 1. The van der Waals surface area contributed by atoms with Gasteiger partial charge in [-0.15, -0.1) is 23.7 Å². The second kappa shape index (κ2) is 7.36. The van der Waals surface area contributed by atoms with Gasteiger partial charge in [0.05, 0.1) is 18.4 Å². The van der Waals surface area contributed by atoms with Crippen LogP contribution in [-0.4, -0.2) is 36.1 Å². The lowest BCUT2D eigenvalue weighted by atomic mass is 10.1. The van der Waals surface area contributed by atoms with Crippen molar-refractivity contribution in [3.05, 3.63) is 22.2 Å². The summed E-state index contributed by atoms with van der Waals surface area (Å²) in [6.07, 6.45) is 3.79. The zero-order chi connectivity index (χ0) is 15.7. The number of thiazole rings is 1. The lowest BCUT2D eigenvalue weighted by Gasteiger charge is -2.25. The van der Waals surface area contributed by atoms with E-state index in [1.807, 2.05) is 13.8 Å². The van der Waals surface area contributed by atoms with Gasteiger partial charge in [-0.25, -0.2) is 9.78 Å². The molecule has 0 aromatic carbocycles. The van der Waals surface area contributed by atoms with Crippen molar-refractivity contribution in [1.82, 2.24) is 9.97 Å². The minimum atomic E-state index is -0.302. The third-order valence-electron chi connectivity index (χ3n) is 4.20. The fourth-order valence-electron chi connectivity index (χ4n) is 3.02. The summed E-state index contributed by atoms with van der Waals surface area (Å²) in [5.74, 6) is -0.302. The van der Waals surface area contributed by atoms with Crippen LogP contribution in [0, 0.1) is 13.8 Å². The Bertz CT molecular complexity index is 690. The predicted molar refractivity (Wildman–Crippen MR) is 96.0 cm³/mol. The third-order valence-corrected chi connectivity index (χ3v) is 5.10. The molecule has 2 aromatic rings. The number of nitrogens with one attached hydrogen (secondary N) is 1. The first kappa shape index (κ1) is 17.8. The SMILES string of the molecule is COC(=O)c1c(C)[nH]c(-c2csc(N3CCCCC3)n2)c1C.Cl. The maximum absolute atomic E-state index is 11.9. The number of H-pyrrole nitrogens is 1. The van der Waals surface area contributed by atoms with Gasteiger partial charge >= 0.3 is 5.97 Å². The van der Waals surface area contributed by atoms with E-state index in [0.29, 0.717) is 5.56 Å². The van der Waals surface area contributed by atoms with E-state index < -0.39 is 0 Å². The molecule has 1 aliphatic rings. The molecule has 2 aromatic heterocycles. The highest BCUT2D eigenvalue weighted by molar-refractivity contribution is 7.14. The van der Waals surface area contributed by atoms with Crippen molar-refractivity contribution in [3.8, 4) is 11.4 Å². The molecule has 0 spiro atoms. The fraction of sp³-hybridized carbons (Fsp3) is 0.500. The van der Waals surface area contributed by atoms with Gasteiger partial charge in [-0.2, -0.15) is 0 Å². The first-order valence-corrected chi connectivity index (χ1v) is 8.48. The van der Waals surface area contributed by atoms with Crippen LogP contribution in [-0.2, 0) is 4.74 Å². The van der Waals surface area contributed by atoms with Crippen LogP contribution in [0.2, 0.25) is 0 Å². The van der Waals surface area contributed by atoms with E-state index in [2.05, 4.69) is 15.3 Å². The van der Waals surface area contributed by atoms with Gasteiger partial charge in [0, 0.05) is 24.2 Å². The molecule has 0 amide bonds. The molecule has 0 atom stereocenters. The highest BCUT2D eigenvalue weighted by Gasteiger charge is 2.22. The topological polar surface area (TPSA) is 58.2 Å². The zero-order valence-corrected chi connectivity index (χ0v) is 15.3. The number of piperidine rings is 1. The number of halogens is 1. The number of aryl methyl sites for hydroxylation is 1. The first-order valence-electron chi connectivity index (χ1n) is 7.60. The van der Waals surface area contributed by atoms with Crippen LogP contribution in [0.3, 0.4) is 0 Å². The van der Waals surface area contributed by atoms with Crippen LogP contribution >= 0.6 is 23.7 Å². The molecule has 23 heavy (non-hydrogen) atoms. The molecule has 1 saturated heterocycles. The van der Waals surface area contributed by atoms with Crippen molar-refractivity contribution in [2.24, 2.45) is 0 Å². The van der Waals surface area contributed by atoms with Crippen molar-refractivity contribution in [2.45, 2.75) is 33.1 Å². The summed E-state index contributed by atoms with van der Waals surface area (Å²) in [5, 5.41) is 3.13. The van der Waals surface area contributed by atoms with Crippen LogP contribution in [0.25, 0.3) is 11.4 Å². The minimum absolute atomic E-state index is 0. The molecule has 0 saturated carbocycles. The van der Waals surface area contributed by atoms with Crippen LogP contribution in [0.1, 0.15) is 40.9 Å². The number of methoxy groups -OCH3 is 1. The first-order chi connectivity index (χ1) is 10.6. The average Bonchev–Trinajstić information content (AvgIpc) is 3.12. The minimum Gasteiger partial charge on any atom is -0.465 e. The van der Waals surface area contributed by atoms with Crippen LogP contribution in [0.15, 0.2) is 5.38 Å². The second-order valence-corrected chi connectivity index (χ2v) is 6.52. The van der Waals surface area contributed by atoms with E-state index in [1.54, 1.807) is 11.3 Å². The number of carbonyl (C=O) groups excluding carboxylic acids is 1. The number of nitrogens with zero attached hydrogens (tertiary/aromatic N) is 2. The van der Waals surface area contributed by atoms with E-state index >= 15 is 0 Å². The van der Waals surface area contributed by atoms with Gasteiger partial charge in [0.1, 0.15) is 5.69 Å². The molecule has 3 heterocycles. The lowest BCUT2D eigenvalue weighted by Crippen LogP contribution is -2.29. The summed E-state index contributed by atoms with van der Waals surface area (Å²) in [7, 11) is 1.41. The number of aromatic amines is 1. The number of esters is 1. The molecule has 5 nitrogen and oxygen atoms in total. The molecule has 0 aliphatic carbocycles. The summed E-state index contributed by atoms with van der Waals surface area (Å²) in [5.41, 5.74) is 4.16. The number of ether oxygens (including phenoxy) is 1. The highest BCUT2D eigenvalue weighted by Crippen LogP contribution is 2.32. The molecular weight excluding hydrogens is 334 g/mol. The third kappa shape index (κ3) is 3.38.